The van der Waals surface area contributed by atoms with Crippen LogP contribution in [0, 0.1) is 0 Å². The first-order valence-corrected chi connectivity index (χ1v) is 4.47. The van der Waals surface area contributed by atoms with Gasteiger partial charge in [0.05, 0.1) is 0 Å². The zero-order valence-corrected chi connectivity index (χ0v) is 7.84. The van der Waals surface area contributed by atoms with E-state index in [0.717, 1.165) is 5.69 Å². The van der Waals surface area contributed by atoms with Gasteiger partial charge in [-0.1, -0.05) is 0 Å². The van der Waals surface area contributed by atoms with Crippen LogP contribution in [0.25, 0.3) is 0 Å². The van der Waals surface area contributed by atoms with Crippen molar-refractivity contribution in [1.82, 2.24) is 9.78 Å². The molecule has 0 aliphatic heterocycles. The number of aromatic nitrogens is 2. The smallest absolute Gasteiger partial charge is 0.333 e. The minimum Gasteiger partial charge on any atom is -0.479 e. The zero-order valence-electron chi connectivity index (χ0n) is 7.84. The topological polar surface area (TPSA) is 75.3 Å². The van der Waals surface area contributed by atoms with Crippen LogP contribution < -0.4 is 0 Å². The highest BCUT2D eigenvalue weighted by atomic mass is 16.4. The van der Waals surface area contributed by atoms with Crippen LogP contribution in [-0.4, -0.2) is 32.1 Å². The van der Waals surface area contributed by atoms with Gasteiger partial charge in [-0.2, -0.15) is 5.10 Å². The quantitative estimate of drug-likeness (QED) is 0.707. The van der Waals surface area contributed by atoms with Crippen LogP contribution in [0.3, 0.4) is 0 Å². The van der Waals surface area contributed by atoms with Crippen molar-refractivity contribution in [3.8, 4) is 0 Å². The lowest BCUT2D eigenvalue weighted by Crippen LogP contribution is -2.35. The van der Waals surface area contributed by atoms with Crippen LogP contribution in [0.15, 0.2) is 12.3 Å². The summed E-state index contributed by atoms with van der Waals surface area (Å²) in [5.74, 6) is -1.16. The second-order valence-electron chi connectivity index (χ2n) is 3.74. The Kier molecular flexibility index (Phi) is 1.85. The number of aliphatic hydroxyl groups excluding tert-OH is 1. The third-order valence-electron chi connectivity index (χ3n) is 2.88. The number of nitrogens with zero attached hydrogens (tertiary/aromatic N) is 2. The summed E-state index contributed by atoms with van der Waals surface area (Å²) in [7, 11) is 1.75. The Morgan fingerprint density at radius 3 is 2.71 bits per heavy atom. The largest absolute Gasteiger partial charge is 0.479 e. The lowest BCUT2D eigenvalue weighted by Gasteiger charge is -2.18. The van der Waals surface area contributed by atoms with E-state index in [0.29, 0.717) is 12.8 Å². The van der Waals surface area contributed by atoms with Crippen molar-refractivity contribution in [2.75, 3.05) is 0 Å². The van der Waals surface area contributed by atoms with Crippen molar-refractivity contribution in [3.63, 3.8) is 0 Å². The first-order chi connectivity index (χ1) is 6.58. The van der Waals surface area contributed by atoms with Gasteiger partial charge in [0.1, 0.15) is 0 Å². The van der Waals surface area contributed by atoms with Crippen LogP contribution in [0.1, 0.15) is 18.5 Å². The third-order valence-corrected chi connectivity index (χ3v) is 2.88. The average Bonchev–Trinajstić information content (AvgIpc) is 2.83. The van der Waals surface area contributed by atoms with E-state index in [1.807, 2.05) is 0 Å². The first-order valence-electron chi connectivity index (χ1n) is 4.47. The van der Waals surface area contributed by atoms with E-state index in [-0.39, 0.29) is 0 Å². The van der Waals surface area contributed by atoms with Gasteiger partial charge in [0.25, 0.3) is 0 Å². The Balaban J connectivity index is 2.34. The Morgan fingerprint density at radius 2 is 2.36 bits per heavy atom. The van der Waals surface area contributed by atoms with E-state index in [1.54, 1.807) is 24.0 Å². The molecule has 1 aromatic rings. The van der Waals surface area contributed by atoms with Crippen LogP contribution in [-0.2, 0) is 17.3 Å². The number of aliphatic carboxylic acids is 1. The van der Waals surface area contributed by atoms with E-state index >= 15 is 0 Å². The molecule has 1 saturated carbocycles. The number of aryl methyl sites for hydroxylation is 1. The monoisotopic (exact) mass is 196 g/mol. The second-order valence-corrected chi connectivity index (χ2v) is 3.74. The lowest BCUT2D eigenvalue weighted by atomic mass is 9.95. The molecule has 1 fully saturated rings. The van der Waals surface area contributed by atoms with Crippen LogP contribution in [0.4, 0.5) is 0 Å². The van der Waals surface area contributed by atoms with Gasteiger partial charge in [-0.15, -0.1) is 0 Å². The van der Waals surface area contributed by atoms with E-state index in [2.05, 4.69) is 5.10 Å². The molecule has 2 rings (SSSR count). The summed E-state index contributed by atoms with van der Waals surface area (Å²) in [6, 6.07) is 1.76. The molecule has 1 aliphatic carbocycles. The highest BCUT2D eigenvalue weighted by molar-refractivity contribution is 5.75. The summed E-state index contributed by atoms with van der Waals surface area (Å²) in [6.45, 7) is 0. The molecule has 1 heterocycles. The molecule has 1 aromatic heterocycles. The summed E-state index contributed by atoms with van der Waals surface area (Å²) >= 11 is 0. The van der Waals surface area contributed by atoms with Gasteiger partial charge >= 0.3 is 5.97 Å². The summed E-state index contributed by atoms with van der Waals surface area (Å²) in [5.41, 5.74) is 0.198. The van der Waals surface area contributed by atoms with Gasteiger partial charge in [0.2, 0.25) is 0 Å². The Bertz CT molecular complexity index is 368. The molecule has 76 valence electrons. The van der Waals surface area contributed by atoms with Gasteiger partial charge in [0.15, 0.2) is 6.10 Å². The predicted octanol–water partition coefficient (Wildman–Crippen LogP) is -0.103. The molecule has 5 heteroatoms. The molecule has 0 amide bonds. The molecule has 1 unspecified atom stereocenters. The molecule has 0 aromatic carbocycles. The van der Waals surface area contributed by atoms with Gasteiger partial charge < -0.3 is 10.2 Å². The lowest BCUT2D eigenvalue weighted by molar-refractivity contribution is -0.148. The van der Waals surface area contributed by atoms with E-state index in [9.17, 15) is 9.90 Å². The number of carboxylic acids is 1. The molecule has 1 atom stereocenters. The third kappa shape index (κ3) is 1.13. The van der Waals surface area contributed by atoms with Crippen LogP contribution in [0.5, 0.6) is 0 Å². The standard InChI is InChI=1S/C9H12N2O3/c1-11-6(2-5-10-11)9(3-4-9)7(12)8(13)14/h2,5,7,12H,3-4H2,1H3,(H,13,14). The fraction of sp³-hybridized carbons (Fsp3) is 0.556. The first kappa shape index (κ1) is 9.21. The second kappa shape index (κ2) is 2.81. The Hall–Kier alpha value is -1.36. The minimum atomic E-state index is -1.32. The van der Waals surface area contributed by atoms with Gasteiger partial charge in [-0.3, -0.25) is 4.68 Å². The average molecular weight is 196 g/mol. The van der Waals surface area contributed by atoms with Crippen molar-refractivity contribution >= 4 is 5.97 Å². The summed E-state index contributed by atoms with van der Waals surface area (Å²) in [6.07, 6.45) is 1.71. The van der Waals surface area contributed by atoms with Crippen molar-refractivity contribution < 1.29 is 15.0 Å². The molecular formula is C9H12N2O3. The minimum absolute atomic E-state index is 0.600. The van der Waals surface area contributed by atoms with Gasteiger partial charge in [-0.25, -0.2) is 4.79 Å². The zero-order chi connectivity index (χ0) is 10.3. The Morgan fingerprint density at radius 1 is 1.71 bits per heavy atom. The number of carbonyl (C=O) groups is 1. The summed E-state index contributed by atoms with van der Waals surface area (Å²) < 4.78 is 1.62. The van der Waals surface area contributed by atoms with E-state index < -0.39 is 17.5 Å². The fourth-order valence-corrected chi connectivity index (χ4v) is 1.90. The van der Waals surface area contributed by atoms with Gasteiger partial charge in [0, 0.05) is 24.4 Å². The summed E-state index contributed by atoms with van der Waals surface area (Å²) in [5, 5.41) is 22.3. The van der Waals surface area contributed by atoms with Crippen LogP contribution in [0.2, 0.25) is 0 Å². The molecule has 1 aliphatic rings. The van der Waals surface area contributed by atoms with Crippen molar-refractivity contribution in [2.24, 2.45) is 7.05 Å². The molecule has 0 spiro atoms. The van der Waals surface area contributed by atoms with E-state index in [1.165, 1.54) is 0 Å². The molecule has 2 N–H and O–H groups in total. The maximum absolute atomic E-state index is 10.7. The molecule has 14 heavy (non-hydrogen) atoms. The number of carboxylic acid groups (broad SMARTS) is 1. The Labute approximate surface area is 81.0 Å². The van der Waals surface area contributed by atoms with Crippen molar-refractivity contribution in [1.29, 1.82) is 0 Å². The molecule has 0 radical (unpaired) electrons. The normalized spacial score (nSPS) is 20.4. The molecule has 0 saturated heterocycles. The fourth-order valence-electron chi connectivity index (χ4n) is 1.90. The predicted molar refractivity (Wildman–Crippen MR) is 47.8 cm³/mol. The molecule has 5 nitrogen and oxygen atoms in total. The number of hydrogen-bond acceptors (Lipinski definition) is 3. The van der Waals surface area contributed by atoms with Crippen molar-refractivity contribution in [2.45, 2.75) is 24.4 Å². The summed E-state index contributed by atoms with van der Waals surface area (Å²) in [4.78, 5) is 10.7. The van der Waals surface area contributed by atoms with Crippen LogP contribution >= 0.6 is 0 Å². The number of hydrogen-bond donors (Lipinski definition) is 2. The van der Waals surface area contributed by atoms with Crippen molar-refractivity contribution in [3.05, 3.63) is 18.0 Å². The maximum Gasteiger partial charge on any atom is 0.333 e. The molecular weight excluding hydrogens is 184 g/mol. The highest BCUT2D eigenvalue weighted by Gasteiger charge is 2.55. The number of aliphatic hydroxyl groups is 1. The van der Waals surface area contributed by atoms with E-state index in [4.69, 9.17) is 5.11 Å². The number of rotatable bonds is 3. The maximum atomic E-state index is 10.7. The highest BCUT2D eigenvalue weighted by Crippen LogP contribution is 2.50. The SMILES string of the molecule is Cn1nccc1C1(C(O)C(=O)O)CC1. The van der Waals surface area contributed by atoms with Gasteiger partial charge in [-0.05, 0) is 18.9 Å². The molecule has 0 bridgehead atoms.